The molecule has 0 radical (unpaired) electrons. The molecule has 5 heteroatoms. The smallest absolute Gasteiger partial charge is 0.193 e. The highest BCUT2D eigenvalue weighted by Crippen LogP contribution is 2.22. The van der Waals surface area contributed by atoms with Crippen molar-refractivity contribution in [3.63, 3.8) is 0 Å². The predicted octanol–water partition coefficient (Wildman–Crippen LogP) is 3.94. The Balaban J connectivity index is 1.92. The zero-order valence-electron chi connectivity index (χ0n) is 14.2. The van der Waals surface area contributed by atoms with E-state index in [4.69, 9.17) is 5.73 Å². The number of guanidine groups is 1. The molecule has 0 unspecified atom stereocenters. The standard InChI is InChI=1S/C18H26N4S/c1-4-14-8-6-9-15(5-2)17(14)22-18(19)20-11-7-10-16-21-13(3)12-23-16/h6,8-9,12H,4-5,7,10-11H2,1-3H3,(H3,19,20,22). The van der Waals surface area contributed by atoms with E-state index >= 15 is 0 Å². The topological polar surface area (TPSA) is 63.3 Å². The van der Waals surface area contributed by atoms with Crippen molar-refractivity contribution in [2.45, 2.75) is 46.5 Å². The highest BCUT2D eigenvalue weighted by atomic mass is 32.1. The summed E-state index contributed by atoms with van der Waals surface area (Å²) in [7, 11) is 0. The van der Waals surface area contributed by atoms with Gasteiger partial charge in [-0.2, -0.15) is 0 Å². The number of aromatic nitrogens is 1. The first-order valence-corrected chi connectivity index (χ1v) is 9.10. The molecule has 3 N–H and O–H groups in total. The summed E-state index contributed by atoms with van der Waals surface area (Å²) in [4.78, 5) is 8.92. The van der Waals surface area contributed by atoms with Crippen LogP contribution in [-0.4, -0.2) is 17.5 Å². The number of nitrogens with zero attached hydrogens (tertiary/aromatic N) is 2. The van der Waals surface area contributed by atoms with E-state index in [0.717, 1.165) is 37.1 Å². The number of hydrogen-bond donors (Lipinski definition) is 2. The molecule has 124 valence electrons. The molecule has 0 aliphatic carbocycles. The number of anilines is 1. The van der Waals surface area contributed by atoms with Gasteiger partial charge in [-0.15, -0.1) is 11.3 Å². The number of hydrogen-bond acceptors (Lipinski definition) is 3. The molecule has 0 atom stereocenters. The molecule has 0 saturated carbocycles. The van der Waals surface area contributed by atoms with Gasteiger partial charge < -0.3 is 11.1 Å². The van der Waals surface area contributed by atoms with Crippen molar-refractivity contribution in [1.82, 2.24) is 4.98 Å². The van der Waals surface area contributed by atoms with Gasteiger partial charge in [-0.3, -0.25) is 4.99 Å². The molecule has 0 amide bonds. The normalized spacial score (nSPS) is 11.7. The van der Waals surface area contributed by atoms with Gasteiger partial charge in [0.15, 0.2) is 5.96 Å². The first-order valence-electron chi connectivity index (χ1n) is 8.22. The summed E-state index contributed by atoms with van der Waals surface area (Å²) in [6.45, 7) is 7.05. The monoisotopic (exact) mass is 330 g/mol. The first kappa shape index (κ1) is 17.5. The second-order valence-electron chi connectivity index (χ2n) is 5.54. The minimum absolute atomic E-state index is 0.496. The van der Waals surface area contributed by atoms with Crippen LogP contribution in [-0.2, 0) is 19.3 Å². The summed E-state index contributed by atoms with van der Waals surface area (Å²) in [5.74, 6) is 0.496. The number of aliphatic imine (C=N–C) groups is 1. The third kappa shape index (κ3) is 5.06. The Kier molecular flexibility index (Phi) is 6.59. The van der Waals surface area contributed by atoms with E-state index in [1.165, 1.54) is 16.1 Å². The van der Waals surface area contributed by atoms with E-state index in [1.807, 2.05) is 6.92 Å². The van der Waals surface area contributed by atoms with Crippen LogP contribution in [0.1, 0.15) is 42.1 Å². The zero-order valence-corrected chi connectivity index (χ0v) is 15.0. The fourth-order valence-corrected chi connectivity index (χ4v) is 3.34. The van der Waals surface area contributed by atoms with E-state index in [0.29, 0.717) is 12.5 Å². The summed E-state index contributed by atoms with van der Waals surface area (Å²) in [5.41, 5.74) is 10.8. The molecule has 1 heterocycles. The molecule has 0 fully saturated rings. The Bertz CT molecular complexity index is 639. The number of nitrogens with two attached hydrogens (primary N) is 1. The molecule has 0 saturated heterocycles. The van der Waals surface area contributed by atoms with Gasteiger partial charge in [0.05, 0.1) is 5.01 Å². The highest BCUT2D eigenvalue weighted by molar-refractivity contribution is 7.09. The van der Waals surface area contributed by atoms with Crippen molar-refractivity contribution in [2.75, 3.05) is 11.9 Å². The second kappa shape index (κ2) is 8.67. The van der Waals surface area contributed by atoms with Crippen molar-refractivity contribution < 1.29 is 0 Å². The van der Waals surface area contributed by atoms with Crippen LogP contribution >= 0.6 is 11.3 Å². The molecular weight excluding hydrogens is 304 g/mol. The lowest BCUT2D eigenvalue weighted by Crippen LogP contribution is -2.24. The molecular formula is C18H26N4S. The quantitative estimate of drug-likeness (QED) is 0.459. The minimum atomic E-state index is 0.496. The summed E-state index contributed by atoms with van der Waals surface area (Å²) < 4.78 is 0. The van der Waals surface area contributed by atoms with Crippen LogP contribution in [0.4, 0.5) is 5.69 Å². The van der Waals surface area contributed by atoms with Crippen molar-refractivity contribution >= 4 is 23.0 Å². The maximum absolute atomic E-state index is 6.06. The van der Waals surface area contributed by atoms with Crippen LogP contribution < -0.4 is 11.1 Å². The maximum atomic E-state index is 6.06. The SMILES string of the molecule is CCc1cccc(CC)c1NC(N)=NCCCc1nc(C)cs1. The van der Waals surface area contributed by atoms with Crippen LogP contribution in [0, 0.1) is 6.92 Å². The fraction of sp³-hybridized carbons (Fsp3) is 0.444. The van der Waals surface area contributed by atoms with E-state index in [9.17, 15) is 0 Å². The van der Waals surface area contributed by atoms with Crippen molar-refractivity contribution in [2.24, 2.45) is 10.7 Å². The number of para-hydroxylation sites is 1. The van der Waals surface area contributed by atoms with Crippen molar-refractivity contribution in [1.29, 1.82) is 0 Å². The van der Waals surface area contributed by atoms with Crippen LogP contribution in [0.5, 0.6) is 0 Å². The average molecular weight is 331 g/mol. The van der Waals surface area contributed by atoms with Crippen LogP contribution in [0.25, 0.3) is 0 Å². The minimum Gasteiger partial charge on any atom is -0.370 e. The van der Waals surface area contributed by atoms with E-state index < -0.39 is 0 Å². The Morgan fingerprint density at radius 2 is 1.96 bits per heavy atom. The van der Waals surface area contributed by atoms with Gasteiger partial charge in [0.2, 0.25) is 0 Å². The molecule has 0 spiro atoms. The molecule has 1 aromatic carbocycles. The van der Waals surface area contributed by atoms with Gasteiger partial charge in [0.1, 0.15) is 0 Å². The van der Waals surface area contributed by atoms with Gasteiger partial charge >= 0.3 is 0 Å². The summed E-state index contributed by atoms with van der Waals surface area (Å²) >= 11 is 1.71. The van der Waals surface area contributed by atoms with Gasteiger partial charge in [-0.25, -0.2) is 4.98 Å². The van der Waals surface area contributed by atoms with Gasteiger partial charge in [-0.1, -0.05) is 32.0 Å². The first-order chi connectivity index (χ1) is 11.1. The summed E-state index contributed by atoms with van der Waals surface area (Å²) in [6.07, 6.45) is 3.88. The Labute approximate surface area is 142 Å². The molecule has 23 heavy (non-hydrogen) atoms. The number of aryl methyl sites for hydroxylation is 4. The molecule has 0 aliphatic rings. The third-order valence-corrected chi connectivity index (χ3v) is 4.78. The lowest BCUT2D eigenvalue weighted by molar-refractivity contribution is 0.823. The van der Waals surface area contributed by atoms with Crippen LogP contribution in [0.15, 0.2) is 28.6 Å². The molecule has 4 nitrogen and oxygen atoms in total. The second-order valence-corrected chi connectivity index (χ2v) is 6.48. The number of thiazole rings is 1. The van der Waals surface area contributed by atoms with Gasteiger partial charge in [0, 0.05) is 29.7 Å². The third-order valence-electron chi connectivity index (χ3n) is 3.75. The van der Waals surface area contributed by atoms with Crippen LogP contribution in [0.3, 0.4) is 0 Å². The Hall–Kier alpha value is -1.88. The molecule has 0 bridgehead atoms. The molecule has 2 aromatic rings. The lowest BCUT2D eigenvalue weighted by Gasteiger charge is -2.14. The largest absolute Gasteiger partial charge is 0.370 e. The van der Waals surface area contributed by atoms with Gasteiger partial charge in [-0.05, 0) is 37.3 Å². The number of rotatable bonds is 7. The Morgan fingerprint density at radius 1 is 1.26 bits per heavy atom. The van der Waals surface area contributed by atoms with Crippen molar-refractivity contribution in [3.05, 3.63) is 45.4 Å². The fourth-order valence-electron chi connectivity index (χ4n) is 2.52. The maximum Gasteiger partial charge on any atom is 0.193 e. The van der Waals surface area contributed by atoms with E-state index in [1.54, 1.807) is 11.3 Å². The van der Waals surface area contributed by atoms with E-state index in [2.05, 4.69) is 52.7 Å². The number of nitrogens with one attached hydrogen (secondary N) is 1. The summed E-state index contributed by atoms with van der Waals surface area (Å²) in [6, 6.07) is 6.38. The highest BCUT2D eigenvalue weighted by Gasteiger charge is 2.07. The molecule has 1 aromatic heterocycles. The molecule has 0 aliphatic heterocycles. The zero-order chi connectivity index (χ0) is 16.7. The lowest BCUT2D eigenvalue weighted by atomic mass is 10.0. The van der Waals surface area contributed by atoms with Crippen LogP contribution in [0.2, 0.25) is 0 Å². The van der Waals surface area contributed by atoms with E-state index in [-0.39, 0.29) is 0 Å². The average Bonchev–Trinajstić information content (AvgIpc) is 2.97. The summed E-state index contributed by atoms with van der Waals surface area (Å²) in [5, 5.41) is 6.56. The Morgan fingerprint density at radius 3 is 2.52 bits per heavy atom. The number of benzene rings is 1. The van der Waals surface area contributed by atoms with Gasteiger partial charge in [0.25, 0.3) is 0 Å². The molecule has 2 rings (SSSR count). The predicted molar refractivity (Wildman–Crippen MR) is 100 cm³/mol. The van der Waals surface area contributed by atoms with Crippen molar-refractivity contribution in [3.8, 4) is 0 Å².